The Bertz CT molecular complexity index is 836. The van der Waals surface area contributed by atoms with E-state index in [4.69, 9.17) is 16.3 Å². The first-order valence-electron chi connectivity index (χ1n) is 7.69. The van der Waals surface area contributed by atoms with Crippen LogP contribution in [0.1, 0.15) is 16.7 Å². The number of aliphatic carboxylic acids is 1. The predicted octanol–water partition coefficient (Wildman–Crippen LogP) is 3.28. The Hall–Kier alpha value is -2.99. The van der Waals surface area contributed by atoms with Crippen molar-refractivity contribution in [2.45, 2.75) is 13.8 Å². The van der Waals surface area contributed by atoms with E-state index in [1.165, 1.54) is 30.3 Å². The minimum absolute atomic E-state index is 0.0602. The van der Waals surface area contributed by atoms with Crippen LogP contribution in [0.5, 0.6) is 11.5 Å². The number of nitrogens with one attached hydrogen (secondary N) is 1. The van der Waals surface area contributed by atoms with Crippen LogP contribution in [0.2, 0.25) is 5.02 Å². The number of aryl methyl sites for hydroxylation is 2. The summed E-state index contributed by atoms with van der Waals surface area (Å²) in [7, 11) is 0. The van der Waals surface area contributed by atoms with Gasteiger partial charge in [0, 0.05) is 5.02 Å². The maximum Gasteiger partial charge on any atom is 0.352 e. The molecule has 0 radical (unpaired) electrons. The van der Waals surface area contributed by atoms with Crippen LogP contribution in [-0.4, -0.2) is 28.7 Å². The molecule has 2 aromatic rings. The molecule has 0 spiro atoms. The van der Waals surface area contributed by atoms with Crippen molar-refractivity contribution in [3.63, 3.8) is 0 Å². The fourth-order valence-corrected chi connectivity index (χ4v) is 2.32. The monoisotopic (exact) mass is 375 g/mol. The van der Waals surface area contributed by atoms with Crippen LogP contribution in [0.4, 0.5) is 0 Å². The third-order valence-corrected chi connectivity index (χ3v) is 4.08. The van der Waals surface area contributed by atoms with E-state index >= 15 is 0 Å². The van der Waals surface area contributed by atoms with Gasteiger partial charge in [-0.15, -0.1) is 0 Å². The van der Waals surface area contributed by atoms with Gasteiger partial charge in [0.1, 0.15) is 17.2 Å². The van der Waals surface area contributed by atoms with Crippen molar-refractivity contribution >= 4 is 29.6 Å². The number of rotatable bonds is 6. The molecule has 26 heavy (non-hydrogen) atoms. The Morgan fingerprint density at radius 3 is 2.27 bits per heavy atom. The molecule has 2 rings (SSSR count). The van der Waals surface area contributed by atoms with Gasteiger partial charge in [0.05, 0.1) is 0 Å². The summed E-state index contributed by atoms with van der Waals surface area (Å²) in [6, 6.07) is 9.29. The van der Waals surface area contributed by atoms with Crippen LogP contribution in [0.3, 0.4) is 0 Å². The lowest BCUT2D eigenvalue weighted by Crippen LogP contribution is -2.31. The number of phenolic OH excluding ortho intramolecular Hbond substituents is 1. The number of halogens is 1. The number of aromatic hydroxyl groups is 1. The van der Waals surface area contributed by atoms with Gasteiger partial charge >= 0.3 is 5.97 Å². The largest absolute Gasteiger partial charge is 0.508 e. The third-order valence-electron chi connectivity index (χ3n) is 3.49. The number of carbonyl (C=O) groups is 2. The number of carboxylic acid groups (broad SMARTS) is 1. The molecule has 2 aromatic carbocycles. The van der Waals surface area contributed by atoms with Gasteiger partial charge < -0.3 is 20.3 Å². The summed E-state index contributed by atoms with van der Waals surface area (Å²) < 4.78 is 5.41. The second kappa shape index (κ2) is 8.40. The summed E-state index contributed by atoms with van der Waals surface area (Å²) in [5.74, 6) is -1.36. The highest BCUT2D eigenvalue weighted by atomic mass is 35.5. The molecule has 0 aromatic heterocycles. The summed E-state index contributed by atoms with van der Waals surface area (Å²) in [5, 5.41) is 21.4. The summed E-state index contributed by atoms with van der Waals surface area (Å²) in [6.07, 6.45) is 1.29. The third kappa shape index (κ3) is 5.26. The van der Waals surface area contributed by atoms with Crippen LogP contribution in [0, 0.1) is 13.8 Å². The van der Waals surface area contributed by atoms with E-state index in [0.29, 0.717) is 16.3 Å². The lowest BCUT2D eigenvalue weighted by Gasteiger charge is -2.10. The number of carboxylic acids is 1. The molecule has 0 bridgehead atoms. The van der Waals surface area contributed by atoms with E-state index in [2.05, 4.69) is 5.32 Å². The maximum absolute atomic E-state index is 12.0. The molecule has 0 saturated carbocycles. The van der Waals surface area contributed by atoms with E-state index in [1.807, 2.05) is 13.8 Å². The molecule has 0 atom stereocenters. The topological polar surface area (TPSA) is 95.9 Å². The van der Waals surface area contributed by atoms with Crippen molar-refractivity contribution < 1.29 is 24.5 Å². The summed E-state index contributed by atoms with van der Waals surface area (Å²) in [6.45, 7) is 3.30. The van der Waals surface area contributed by atoms with E-state index in [9.17, 15) is 19.8 Å². The molecule has 3 N–H and O–H groups in total. The van der Waals surface area contributed by atoms with Gasteiger partial charge in [-0.25, -0.2) is 4.79 Å². The minimum atomic E-state index is -1.29. The summed E-state index contributed by atoms with van der Waals surface area (Å²) >= 11 is 6.08. The lowest BCUT2D eigenvalue weighted by molar-refractivity contribution is -0.134. The van der Waals surface area contributed by atoms with Gasteiger partial charge in [-0.3, -0.25) is 4.79 Å². The molecular formula is C19H18ClNO5. The summed E-state index contributed by atoms with van der Waals surface area (Å²) in [4.78, 5) is 23.3. The van der Waals surface area contributed by atoms with Crippen LogP contribution < -0.4 is 10.1 Å². The molecule has 0 aliphatic rings. The van der Waals surface area contributed by atoms with Crippen LogP contribution in [-0.2, 0) is 9.59 Å². The molecule has 6 nitrogen and oxygen atoms in total. The fraction of sp³-hybridized carbons (Fsp3) is 0.158. The van der Waals surface area contributed by atoms with E-state index in [1.54, 1.807) is 12.1 Å². The first-order chi connectivity index (χ1) is 12.3. The van der Waals surface area contributed by atoms with Gasteiger partial charge in [0.2, 0.25) is 0 Å². The molecule has 0 saturated heterocycles. The van der Waals surface area contributed by atoms with Crippen molar-refractivity contribution in [3.8, 4) is 11.5 Å². The Labute approximate surface area is 155 Å². The summed E-state index contributed by atoms with van der Waals surface area (Å²) in [5.41, 5.74) is 1.86. The normalized spacial score (nSPS) is 11.1. The molecule has 0 unspecified atom stereocenters. The molecular weight excluding hydrogens is 358 g/mol. The Kier molecular flexibility index (Phi) is 6.25. The number of ether oxygens (including phenoxy) is 1. The molecule has 1 amide bonds. The zero-order chi connectivity index (χ0) is 19.3. The van der Waals surface area contributed by atoms with Crippen LogP contribution in [0.25, 0.3) is 6.08 Å². The zero-order valence-corrected chi connectivity index (χ0v) is 15.0. The molecule has 0 fully saturated rings. The van der Waals surface area contributed by atoms with E-state index < -0.39 is 11.9 Å². The van der Waals surface area contributed by atoms with Crippen LogP contribution >= 0.6 is 11.6 Å². The number of amides is 1. The van der Waals surface area contributed by atoms with Crippen molar-refractivity contribution in [2.24, 2.45) is 0 Å². The van der Waals surface area contributed by atoms with Crippen molar-refractivity contribution in [1.82, 2.24) is 5.32 Å². The quantitative estimate of drug-likeness (QED) is 0.673. The number of hydrogen-bond donors (Lipinski definition) is 3. The van der Waals surface area contributed by atoms with Gasteiger partial charge in [-0.05, 0) is 60.9 Å². The smallest absolute Gasteiger partial charge is 0.352 e. The van der Waals surface area contributed by atoms with Gasteiger partial charge in [-0.2, -0.15) is 0 Å². The van der Waals surface area contributed by atoms with Gasteiger partial charge in [-0.1, -0.05) is 23.7 Å². The Morgan fingerprint density at radius 2 is 1.73 bits per heavy atom. The van der Waals surface area contributed by atoms with Gasteiger partial charge in [0.25, 0.3) is 5.91 Å². The second-order valence-corrected chi connectivity index (χ2v) is 6.04. The SMILES string of the molecule is Cc1cc(OCC(=O)N/C(=C/c2ccc(O)cc2)C(=O)O)cc(C)c1Cl. The van der Waals surface area contributed by atoms with Crippen molar-refractivity contribution in [3.05, 3.63) is 63.8 Å². The second-order valence-electron chi connectivity index (χ2n) is 5.66. The zero-order valence-electron chi connectivity index (χ0n) is 14.2. The molecule has 0 heterocycles. The Morgan fingerprint density at radius 1 is 1.15 bits per heavy atom. The van der Waals surface area contributed by atoms with E-state index in [-0.39, 0.29) is 18.1 Å². The molecule has 136 valence electrons. The fourth-order valence-electron chi connectivity index (χ4n) is 2.21. The molecule has 0 aliphatic carbocycles. The van der Waals surface area contributed by atoms with Crippen molar-refractivity contribution in [1.29, 1.82) is 0 Å². The molecule has 7 heteroatoms. The highest BCUT2D eigenvalue weighted by Crippen LogP contribution is 2.25. The predicted molar refractivity (Wildman–Crippen MR) is 98.3 cm³/mol. The van der Waals surface area contributed by atoms with Crippen LogP contribution in [0.15, 0.2) is 42.1 Å². The lowest BCUT2D eigenvalue weighted by atomic mass is 10.1. The maximum atomic E-state index is 12.0. The number of carbonyl (C=O) groups excluding carboxylic acids is 1. The average Bonchev–Trinajstić information content (AvgIpc) is 2.59. The Balaban J connectivity index is 2.04. The van der Waals surface area contributed by atoms with Gasteiger partial charge in [0.15, 0.2) is 6.61 Å². The van der Waals surface area contributed by atoms with E-state index in [0.717, 1.165) is 11.1 Å². The number of phenols is 1. The first kappa shape index (κ1) is 19.3. The number of benzene rings is 2. The first-order valence-corrected chi connectivity index (χ1v) is 8.07. The molecule has 0 aliphatic heterocycles. The van der Waals surface area contributed by atoms with Crippen molar-refractivity contribution in [2.75, 3.05) is 6.61 Å². The number of hydrogen-bond acceptors (Lipinski definition) is 4. The minimum Gasteiger partial charge on any atom is -0.508 e. The standard InChI is InChI=1S/C19H18ClNO5/c1-11-7-15(8-12(2)18(11)20)26-10-17(23)21-16(19(24)25)9-13-3-5-14(22)6-4-13/h3-9,22H,10H2,1-2H3,(H,21,23)(H,24,25)/b16-9+. The average molecular weight is 376 g/mol. The highest BCUT2D eigenvalue weighted by Gasteiger charge is 2.13. The highest BCUT2D eigenvalue weighted by molar-refractivity contribution is 6.32.